The van der Waals surface area contributed by atoms with Crippen LogP contribution < -0.4 is 5.32 Å². The van der Waals surface area contributed by atoms with Crippen LogP contribution in [0.1, 0.15) is 0 Å². The van der Waals surface area contributed by atoms with E-state index in [0.29, 0.717) is 11.6 Å². The van der Waals surface area contributed by atoms with Crippen molar-refractivity contribution >= 4 is 23.4 Å². The molecular weight excluding hydrogens is 312 g/mol. The van der Waals surface area contributed by atoms with Gasteiger partial charge in [0.05, 0.1) is 0 Å². The third-order valence-electron chi connectivity index (χ3n) is 3.81. The lowest BCUT2D eigenvalue weighted by Crippen LogP contribution is -2.47. The first-order chi connectivity index (χ1) is 11.2. The van der Waals surface area contributed by atoms with Crippen molar-refractivity contribution in [1.29, 1.82) is 0 Å². The Morgan fingerprint density at radius 1 is 1.17 bits per heavy atom. The quantitative estimate of drug-likeness (QED) is 0.732. The molecule has 23 heavy (non-hydrogen) atoms. The van der Waals surface area contributed by atoms with Gasteiger partial charge >= 0.3 is 5.97 Å². The van der Waals surface area contributed by atoms with Crippen LogP contribution in [0.4, 0.5) is 5.69 Å². The molecule has 1 aliphatic heterocycles. The molecule has 1 saturated heterocycles. The summed E-state index contributed by atoms with van der Waals surface area (Å²) in [6.45, 7) is 0. The first-order valence-electron chi connectivity index (χ1n) is 7.32. The van der Waals surface area contributed by atoms with Crippen molar-refractivity contribution in [3.05, 3.63) is 54.6 Å². The normalized spacial score (nSPS) is 19.4. The van der Waals surface area contributed by atoms with E-state index in [0.717, 1.165) is 16.8 Å². The van der Waals surface area contributed by atoms with Crippen molar-refractivity contribution in [3.63, 3.8) is 0 Å². The summed E-state index contributed by atoms with van der Waals surface area (Å²) in [7, 11) is 0. The van der Waals surface area contributed by atoms with Crippen LogP contribution in [-0.2, 0) is 4.79 Å². The molecule has 0 aliphatic carbocycles. The lowest BCUT2D eigenvalue weighted by atomic mass is 10.0. The van der Waals surface area contributed by atoms with Crippen LogP contribution >= 0.6 is 11.8 Å². The fraction of sp³-hybridized carbons (Fsp3) is 0.235. The monoisotopic (exact) mass is 330 g/mol. The van der Waals surface area contributed by atoms with Gasteiger partial charge in [-0.05, 0) is 11.6 Å². The summed E-state index contributed by atoms with van der Waals surface area (Å²) >= 11 is 1.50. The summed E-state index contributed by atoms with van der Waals surface area (Å²) in [6.07, 6.45) is -1.05. The van der Waals surface area contributed by atoms with E-state index in [2.05, 4.69) is 5.32 Å². The highest BCUT2D eigenvalue weighted by atomic mass is 32.2. The van der Waals surface area contributed by atoms with Gasteiger partial charge in [0.25, 0.3) is 0 Å². The molecule has 0 amide bonds. The molecule has 0 spiro atoms. The maximum absolute atomic E-state index is 11.3. The molecule has 0 bridgehead atoms. The van der Waals surface area contributed by atoms with Crippen LogP contribution in [-0.4, -0.2) is 45.1 Å². The highest BCUT2D eigenvalue weighted by Crippen LogP contribution is 2.29. The van der Waals surface area contributed by atoms with E-state index >= 15 is 0 Å². The van der Waals surface area contributed by atoms with E-state index in [1.54, 1.807) is 4.90 Å². The van der Waals surface area contributed by atoms with Gasteiger partial charge in [-0.15, -0.1) is 11.8 Å². The Hall–Kier alpha value is -2.02. The van der Waals surface area contributed by atoms with E-state index in [1.165, 1.54) is 11.8 Å². The van der Waals surface area contributed by atoms with Crippen LogP contribution in [0.25, 0.3) is 11.1 Å². The molecule has 6 heteroatoms. The molecule has 120 valence electrons. The Labute approximate surface area is 138 Å². The van der Waals surface area contributed by atoms with Gasteiger partial charge in [-0.2, -0.15) is 0 Å². The summed E-state index contributed by atoms with van der Waals surface area (Å²) in [5.74, 6) is 0.0553. The van der Waals surface area contributed by atoms with Crippen molar-refractivity contribution in [1.82, 2.24) is 4.90 Å². The van der Waals surface area contributed by atoms with Crippen molar-refractivity contribution in [2.45, 2.75) is 12.4 Å². The van der Waals surface area contributed by atoms with E-state index < -0.39 is 18.4 Å². The number of rotatable bonds is 5. The average molecular weight is 330 g/mol. The van der Waals surface area contributed by atoms with Crippen LogP contribution in [0.5, 0.6) is 0 Å². The Kier molecular flexibility index (Phi) is 4.85. The molecule has 1 heterocycles. The first kappa shape index (κ1) is 15.9. The van der Waals surface area contributed by atoms with Gasteiger partial charge in [-0.1, -0.05) is 48.5 Å². The molecule has 1 aliphatic rings. The average Bonchev–Trinajstić information content (AvgIpc) is 3.06. The second-order valence-corrected chi connectivity index (χ2v) is 6.30. The number of thioether (sulfide) groups is 1. The molecule has 2 atom stereocenters. The molecule has 3 N–H and O–H groups in total. The number of aliphatic hydroxyl groups excluding tert-OH is 1. The minimum absolute atomic E-state index is 0.481. The molecule has 1 unspecified atom stereocenters. The molecule has 0 radical (unpaired) electrons. The highest BCUT2D eigenvalue weighted by Gasteiger charge is 2.35. The number of carboxylic acids is 1. The van der Waals surface area contributed by atoms with Gasteiger partial charge in [0, 0.05) is 22.9 Å². The predicted molar refractivity (Wildman–Crippen MR) is 92.1 cm³/mol. The number of nitrogens with zero attached hydrogens (tertiary/aromatic N) is 1. The lowest BCUT2D eigenvalue weighted by Gasteiger charge is -2.28. The second-order valence-electron chi connectivity index (χ2n) is 5.30. The largest absolute Gasteiger partial charge is 0.480 e. The maximum atomic E-state index is 11.3. The first-order valence-corrected chi connectivity index (χ1v) is 8.47. The standard InChI is InChI=1S/C17H18N2O3S/c20-16(21)15-10-23-11-19(15)17(22)18-14-9-5-4-8-13(14)12-6-2-1-3-7-12/h1-9,15,17-18,22H,10-11H2,(H,20,21)/t15-,17?/m1/s1. The topological polar surface area (TPSA) is 72.8 Å². The van der Waals surface area contributed by atoms with Crippen molar-refractivity contribution in [2.75, 3.05) is 16.9 Å². The van der Waals surface area contributed by atoms with E-state index in [-0.39, 0.29) is 0 Å². The second kappa shape index (κ2) is 7.04. The summed E-state index contributed by atoms with van der Waals surface area (Å²) in [5.41, 5.74) is 2.77. The number of aliphatic hydroxyl groups is 1. The molecule has 1 fully saturated rings. The van der Waals surface area contributed by atoms with Gasteiger partial charge in [0.15, 0.2) is 6.35 Å². The Morgan fingerprint density at radius 3 is 2.61 bits per heavy atom. The molecule has 0 saturated carbocycles. The minimum atomic E-state index is -1.05. The van der Waals surface area contributed by atoms with Crippen molar-refractivity contribution in [3.8, 4) is 11.1 Å². The SMILES string of the molecule is O=C(O)[C@H]1CSCN1C(O)Nc1ccccc1-c1ccccc1. The van der Waals surface area contributed by atoms with Crippen LogP contribution in [0.2, 0.25) is 0 Å². The summed E-state index contributed by atoms with van der Waals surface area (Å²) in [5, 5.41) is 22.7. The Balaban J connectivity index is 1.82. The highest BCUT2D eigenvalue weighted by molar-refractivity contribution is 7.99. The number of carboxylic acid groups (broad SMARTS) is 1. The number of hydrogen-bond donors (Lipinski definition) is 3. The summed E-state index contributed by atoms with van der Waals surface area (Å²) in [6, 6.07) is 16.9. The van der Waals surface area contributed by atoms with E-state index in [9.17, 15) is 15.0 Å². The minimum Gasteiger partial charge on any atom is -0.480 e. The third-order valence-corrected chi connectivity index (χ3v) is 4.84. The van der Waals surface area contributed by atoms with Gasteiger partial charge in [-0.25, -0.2) is 4.90 Å². The Bertz CT molecular complexity index is 681. The van der Waals surface area contributed by atoms with E-state index in [4.69, 9.17) is 0 Å². The Morgan fingerprint density at radius 2 is 1.87 bits per heavy atom. The lowest BCUT2D eigenvalue weighted by molar-refractivity contribution is -0.144. The maximum Gasteiger partial charge on any atom is 0.321 e. The molecule has 0 aromatic heterocycles. The van der Waals surface area contributed by atoms with Crippen molar-refractivity contribution < 1.29 is 15.0 Å². The van der Waals surface area contributed by atoms with Crippen molar-refractivity contribution in [2.24, 2.45) is 0 Å². The van der Waals surface area contributed by atoms with Gasteiger partial charge in [0.1, 0.15) is 6.04 Å². The summed E-state index contributed by atoms with van der Waals surface area (Å²) in [4.78, 5) is 12.8. The molecule has 5 nitrogen and oxygen atoms in total. The van der Waals surface area contributed by atoms with Gasteiger partial charge in [0.2, 0.25) is 0 Å². The molecular formula is C17H18N2O3S. The number of para-hydroxylation sites is 1. The van der Waals surface area contributed by atoms with Crippen LogP contribution in [0.15, 0.2) is 54.6 Å². The molecule has 2 aromatic rings. The number of anilines is 1. The number of benzene rings is 2. The number of nitrogens with one attached hydrogen (secondary N) is 1. The van der Waals surface area contributed by atoms with Crippen LogP contribution in [0, 0.1) is 0 Å². The fourth-order valence-corrected chi connectivity index (χ4v) is 3.80. The zero-order valence-electron chi connectivity index (χ0n) is 12.4. The third kappa shape index (κ3) is 3.50. The van der Waals surface area contributed by atoms with Gasteiger partial charge < -0.3 is 15.5 Å². The number of aliphatic carboxylic acids is 1. The number of carbonyl (C=O) groups is 1. The van der Waals surface area contributed by atoms with E-state index in [1.807, 2.05) is 54.6 Å². The molecule has 2 aromatic carbocycles. The van der Waals surface area contributed by atoms with Gasteiger partial charge in [-0.3, -0.25) is 4.79 Å². The molecule has 3 rings (SSSR count). The fourth-order valence-electron chi connectivity index (χ4n) is 2.61. The zero-order chi connectivity index (χ0) is 16.2. The number of hydrogen-bond acceptors (Lipinski definition) is 5. The zero-order valence-corrected chi connectivity index (χ0v) is 13.2. The van der Waals surface area contributed by atoms with Crippen LogP contribution in [0.3, 0.4) is 0 Å². The predicted octanol–water partition coefficient (Wildman–Crippen LogP) is 2.50. The summed E-state index contributed by atoms with van der Waals surface area (Å²) < 4.78 is 0. The smallest absolute Gasteiger partial charge is 0.321 e.